The highest BCUT2D eigenvalue weighted by Crippen LogP contribution is 2.38. The molecule has 0 aliphatic heterocycles. The van der Waals surface area contributed by atoms with Gasteiger partial charge in [-0.15, -0.1) is 0 Å². The molecule has 2 atom stereocenters. The summed E-state index contributed by atoms with van der Waals surface area (Å²) in [6.45, 7) is 10.2. The maximum Gasteiger partial charge on any atom is 0.220 e. The monoisotopic (exact) mass is 425 g/mol. The van der Waals surface area contributed by atoms with Crippen LogP contribution in [0.4, 0.5) is 4.39 Å². The minimum Gasteiger partial charge on any atom is -0.356 e. The molecular formula is C24H28FN3O3. The van der Waals surface area contributed by atoms with Gasteiger partial charge >= 0.3 is 0 Å². The van der Waals surface area contributed by atoms with Gasteiger partial charge in [0.05, 0.1) is 12.4 Å². The molecule has 6 nitrogen and oxygen atoms in total. The lowest BCUT2D eigenvalue weighted by atomic mass is 9.86. The lowest BCUT2D eigenvalue weighted by molar-refractivity contribution is -0.128. The zero-order valence-electron chi connectivity index (χ0n) is 18.6. The third kappa shape index (κ3) is 5.21. The quantitative estimate of drug-likeness (QED) is 0.738. The molecule has 2 unspecified atom stereocenters. The van der Waals surface area contributed by atoms with Crippen molar-refractivity contribution in [2.24, 2.45) is 11.3 Å². The van der Waals surface area contributed by atoms with Gasteiger partial charge in [-0.1, -0.05) is 20.8 Å². The molecule has 3 rings (SSSR count). The van der Waals surface area contributed by atoms with Crippen LogP contribution in [0, 0.1) is 31.0 Å². The second kappa shape index (κ2) is 8.65. The summed E-state index contributed by atoms with van der Waals surface area (Å²) in [6.07, 6.45) is 2.30. The van der Waals surface area contributed by atoms with Gasteiger partial charge in [0.25, 0.3) is 0 Å². The smallest absolute Gasteiger partial charge is 0.220 e. The summed E-state index contributed by atoms with van der Waals surface area (Å²) < 4.78 is 13.1. The first kappa shape index (κ1) is 22.7. The molecule has 0 saturated heterocycles. The largest absolute Gasteiger partial charge is 0.356 e. The Bertz CT molecular complexity index is 1000. The van der Waals surface area contributed by atoms with E-state index in [0.717, 1.165) is 23.5 Å². The molecule has 7 heteroatoms. The Morgan fingerprint density at radius 3 is 2.26 bits per heavy atom. The number of benzene rings is 1. The fourth-order valence-corrected chi connectivity index (χ4v) is 4.01. The normalized spacial score (nSPS) is 19.0. The van der Waals surface area contributed by atoms with Crippen LogP contribution in [0.5, 0.6) is 0 Å². The zero-order chi connectivity index (χ0) is 22.9. The summed E-state index contributed by atoms with van der Waals surface area (Å²) in [5.74, 6) is -2.17. The van der Waals surface area contributed by atoms with Gasteiger partial charge in [0.15, 0.2) is 17.4 Å². The van der Waals surface area contributed by atoms with Crippen LogP contribution in [0.15, 0.2) is 24.5 Å². The topological polar surface area (TPSA) is 89.0 Å². The first-order valence-corrected chi connectivity index (χ1v) is 10.4. The number of carbonyl (C=O) groups is 3. The van der Waals surface area contributed by atoms with E-state index in [2.05, 4.69) is 15.3 Å². The molecule has 1 aliphatic carbocycles. The maximum absolute atomic E-state index is 13.1. The molecule has 2 aromatic rings. The number of aryl methyl sites for hydroxylation is 2. The molecule has 0 radical (unpaired) electrons. The average molecular weight is 426 g/mol. The number of Topliss-reactive ketones (excluding diaryl/α,β-unsaturated/α-hetero) is 2. The molecule has 0 bridgehead atoms. The zero-order valence-corrected chi connectivity index (χ0v) is 18.6. The summed E-state index contributed by atoms with van der Waals surface area (Å²) >= 11 is 0. The van der Waals surface area contributed by atoms with Crippen molar-refractivity contribution < 1.29 is 18.8 Å². The van der Waals surface area contributed by atoms with Crippen LogP contribution in [-0.2, 0) is 14.4 Å². The number of amides is 1. The van der Waals surface area contributed by atoms with Crippen LogP contribution in [0.25, 0.3) is 11.4 Å². The highest BCUT2D eigenvalue weighted by atomic mass is 19.1. The van der Waals surface area contributed by atoms with E-state index < -0.39 is 17.7 Å². The summed E-state index contributed by atoms with van der Waals surface area (Å²) in [6, 6.07) is 3.61. The minimum atomic E-state index is -0.858. The summed E-state index contributed by atoms with van der Waals surface area (Å²) in [5.41, 5.74) is 2.85. The molecule has 0 spiro atoms. The van der Waals surface area contributed by atoms with E-state index >= 15 is 0 Å². The van der Waals surface area contributed by atoms with Crippen molar-refractivity contribution in [2.45, 2.75) is 53.4 Å². The second-order valence-corrected chi connectivity index (χ2v) is 9.49. The Balaban J connectivity index is 1.81. The lowest BCUT2D eigenvalue weighted by Gasteiger charge is -2.19. The standard InChI is InChI=1S/C24H28FN3O3/c1-13-6-16(23-26-10-17(25)11-27-23)7-14(2)20(13)21-18(29)8-15(22(21)31)9-19(30)28-12-24(3,4)5/h6-7,10-11,15,21H,8-9,12H2,1-5H3,(H,28,30). The Labute approximate surface area is 181 Å². The maximum atomic E-state index is 13.1. The first-order chi connectivity index (χ1) is 14.5. The molecule has 1 fully saturated rings. The van der Waals surface area contributed by atoms with E-state index in [4.69, 9.17) is 0 Å². The molecule has 31 heavy (non-hydrogen) atoms. The van der Waals surface area contributed by atoms with Crippen molar-refractivity contribution in [3.05, 3.63) is 47.0 Å². The molecule has 1 amide bonds. The van der Waals surface area contributed by atoms with Crippen molar-refractivity contribution in [3.63, 3.8) is 0 Å². The van der Waals surface area contributed by atoms with E-state index in [-0.39, 0.29) is 35.7 Å². The van der Waals surface area contributed by atoms with Gasteiger partial charge in [-0.25, -0.2) is 14.4 Å². The number of halogens is 1. The van der Waals surface area contributed by atoms with Gasteiger partial charge < -0.3 is 5.32 Å². The third-order valence-electron chi connectivity index (χ3n) is 5.47. The highest BCUT2D eigenvalue weighted by Gasteiger charge is 2.43. The van der Waals surface area contributed by atoms with E-state index in [0.29, 0.717) is 23.5 Å². The van der Waals surface area contributed by atoms with Crippen LogP contribution < -0.4 is 5.32 Å². The first-order valence-electron chi connectivity index (χ1n) is 10.4. The molecule has 164 valence electrons. The second-order valence-electron chi connectivity index (χ2n) is 9.49. The number of hydrogen-bond acceptors (Lipinski definition) is 5. The SMILES string of the molecule is Cc1cc(-c2ncc(F)cn2)cc(C)c1C1C(=O)CC(CC(=O)NCC(C)(C)C)C1=O. The number of ketones is 2. The number of nitrogens with zero attached hydrogens (tertiary/aromatic N) is 2. The van der Waals surface area contributed by atoms with Gasteiger partial charge in [0.2, 0.25) is 5.91 Å². The van der Waals surface area contributed by atoms with Gasteiger partial charge in [0, 0.05) is 30.9 Å². The molecule has 1 aromatic heterocycles. The van der Waals surface area contributed by atoms with Crippen molar-refractivity contribution >= 4 is 17.5 Å². The van der Waals surface area contributed by atoms with E-state index in [9.17, 15) is 18.8 Å². The molecular weight excluding hydrogens is 397 g/mol. The average Bonchev–Trinajstić information content (AvgIpc) is 2.93. The van der Waals surface area contributed by atoms with E-state index in [1.54, 1.807) is 12.1 Å². The summed E-state index contributed by atoms with van der Waals surface area (Å²) in [7, 11) is 0. The Morgan fingerprint density at radius 2 is 1.71 bits per heavy atom. The molecule has 1 N–H and O–H groups in total. The number of hydrogen-bond donors (Lipinski definition) is 1. The Hall–Kier alpha value is -2.96. The van der Waals surface area contributed by atoms with Crippen LogP contribution in [0.2, 0.25) is 0 Å². The van der Waals surface area contributed by atoms with Crippen molar-refractivity contribution in [2.75, 3.05) is 6.54 Å². The fraction of sp³-hybridized carbons (Fsp3) is 0.458. The van der Waals surface area contributed by atoms with E-state index in [1.807, 2.05) is 34.6 Å². The lowest BCUT2D eigenvalue weighted by Crippen LogP contribution is -2.34. The molecule has 1 heterocycles. The van der Waals surface area contributed by atoms with Gasteiger partial charge in [0.1, 0.15) is 11.7 Å². The minimum absolute atomic E-state index is 0.0246. The molecule has 1 saturated carbocycles. The Kier molecular flexibility index (Phi) is 6.34. The van der Waals surface area contributed by atoms with Crippen molar-refractivity contribution in [1.29, 1.82) is 0 Å². The van der Waals surface area contributed by atoms with Crippen LogP contribution >= 0.6 is 0 Å². The number of carbonyl (C=O) groups excluding carboxylic acids is 3. The Morgan fingerprint density at radius 1 is 1.13 bits per heavy atom. The van der Waals surface area contributed by atoms with E-state index in [1.165, 1.54) is 0 Å². The fourth-order valence-electron chi connectivity index (χ4n) is 4.01. The van der Waals surface area contributed by atoms with Crippen LogP contribution in [0.3, 0.4) is 0 Å². The van der Waals surface area contributed by atoms with Crippen molar-refractivity contribution in [1.82, 2.24) is 15.3 Å². The van der Waals surface area contributed by atoms with Gasteiger partial charge in [-0.05, 0) is 48.1 Å². The predicted octanol–water partition coefficient (Wildman–Crippen LogP) is 3.69. The third-order valence-corrected chi connectivity index (χ3v) is 5.47. The van der Waals surface area contributed by atoms with Crippen LogP contribution in [0.1, 0.15) is 56.2 Å². The number of nitrogens with one attached hydrogen (secondary N) is 1. The number of aromatic nitrogens is 2. The molecule has 1 aliphatic rings. The molecule has 1 aromatic carbocycles. The predicted molar refractivity (Wildman–Crippen MR) is 115 cm³/mol. The van der Waals surface area contributed by atoms with Gasteiger partial charge in [-0.2, -0.15) is 0 Å². The van der Waals surface area contributed by atoms with Crippen molar-refractivity contribution in [3.8, 4) is 11.4 Å². The highest BCUT2D eigenvalue weighted by molar-refractivity contribution is 6.15. The summed E-state index contributed by atoms with van der Waals surface area (Å²) in [4.78, 5) is 46.1. The summed E-state index contributed by atoms with van der Waals surface area (Å²) in [5, 5.41) is 2.85. The van der Waals surface area contributed by atoms with Crippen LogP contribution in [-0.4, -0.2) is 34.0 Å². The number of rotatable bonds is 5. The van der Waals surface area contributed by atoms with Gasteiger partial charge in [-0.3, -0.25) is 14.4 Å².